The molecule has 39 heavy (non-hydrogen) atoms. The Kier molecular flexibility index (Phi) is 9.22. The summed E-state index contributed by atoms with van der Waals surface area (Å²) in [7, 11) is -2.69. The number of methoxy groups -OCH3 is 1. The molecule has 0 saturated heterocycles. The first-order valence-electron chi connectivity index (χ1n) is 12.2. The van der Waals surface area contributed by atoms with Crippen molar-refractivity contribution in [3.63, 3.8) is 0 Å². The molecular formula is C30H29ClN2O4S2. The van der Waals surface area contributed by atoms with Gasteiger partial charge in [0.1, 0.15) is 12.3 Å². The van der Waals surface area contributed by atoms with Gasteiger partial charge in [0.15, 0.2) is 0 Å². The van der Waals surface area contributed by atoms with Gasteiger partial charge in [-0.1, -0.05) is 59.6 Å². The van der Waals surface area contributed by atoms with Crippen molar-refractivity contribution in [2.24, 2.45) is 0 Å². The third-order valence-electron chi connectivity index (χ3n) is 6.02. The average molecular weight is 581 g/mol. The van der Waals surface area contributed by atoms with Crippen LogP contribution in [-0.4, -0.2) is 28.0 Å². The van der Waals surface area contributed by atoms with Crippen LogP contribution >= 0.6 is 23.4 Å². The number of rotatable bonds is 10. The van der Waals surface area contributed by atoms with Crippen molar-refractivity contribution >= 4 is 50.7 Å². The van der Waals surface area contributed by atoms with E-state index in [1.807, 2.05) is 50.2 Å². The van der Waals surface area contributed by atoms with Gasteiger partial charge >= 0.3 is 0 Å². The molecule has 1 N–H and O–H groups in total. The van der Waals surface area contributed by atoms with Crippen molar-refractivity contribution in [2.45, 2.75) is 29.4 Å². The fraction of sp³-hybridized carbons (Fsp3) is 0.167. The number of aryl methyl sites for hydroxylation is 2. The van der Waals surface area contributed by atoms with E-state index in [1.165, 1.54) is 30.2 Å². The topological polar surface area (TPSA) is 75.7 Å². The van der Waals surface area contributed by atoms with Gasteiger partial charge in [-0.05, 0) is 73.5 Å². The second kappa shape index (κ2) is 12.6. The van der Waals surface area contributed by atoms with Gasteiger partial charge in [-0.25, -0.2) is 8.42 Å². The number of carbonyl (C=O) groups is 1. The van der Waals surface area contributed by atoms with E-state index in [0.717, 1.165) is 26.7 Å². The van der Waals surface area contributed by atoms with E-state index in [2.05, 4.69) is 17.4 Å². The maximum Gasteiger partial charge on any atom is 0.264 e. The molecule has 0 atom stereocenters. The fourth-order valence-corrected chi connectivity index (χ4v) is 6.41. The molecule has 4 aromatic rings. The van der Waals surface area contributed by atoms with E-state index >= 15 is 0 Å². The van der Waals surface area contributed by atoms with Crippen LogP contribution in [0.2, 0.25) is 5.02 Å². The highest BCUT2D eigenvalue weighted by Gasteiger charge is 2.30. The number of thioether (sulfide) groups is 1. The van der Waals surface area contributed by atoms with Crippen LogP contribution in [0, 0.1) is 13.8 Å². The minimum absolute atomic E-state index is 0.0550. The van der Waals surface area contributed by atoms with Crippen LogP contribution in [-0.2, 0) is 20.6 Å². The van der Waals surface area contributed by atoms with Crippen LogP contribution in [0.1, 0.15) is 16.7 Å². The standard InChI is InChI=1S/C30H29ClN2O4S2/c1-21-9-13-26(14-10-21)39(35,36)33(28-18-24(31)12-16-29(28)37-3)19-30(34)32-27-15-11-23(17-22(27)2)20-38-25-7-5-4-6-8-25/h4-18H,19-20H2,1-3H3,(H,32,34). The van der Waals surface area contributed by atoms with Gasteiger partial charge in [-0.15, -0.1) is 11.8 Å². The molecule has 6 nitrogen and oxygen atoms in total. The number of halogens is 1. The quantitative estimate of drug-likeness (QED) is 0.203. The molecule has 0 radical (unpaired) electrons. The molecule has 0 heterocycles. The van der Waals surface area contributed by atoms with E-state index < -0.39 is 22.5 Å². The second-order valence-corrected chi connectivity index (χ2v) is 12.3. The number of hydrogen-bond acceptors (Lipinski definition) is 5. The summed E-state index contributed by atoms with van der Waals surface area (Å²) >= 11 is 7.95. The van der Waals surface area contributed by atoms with Gasteiger partial charge in [0.25, 0.3) is 10.0 Å². The van der Waals surface area contributed by atoms with E-state index in [4.69, 9.17) is 16.3 Å². The molecular weight excluding hydrogens is 552 g/mol. The van der Waals surface area contributed by atoms with Crippen molar-refractivity contribution in [2.75, 3.05) is 23.3 Å². The molecule has 0 bridgehead atoms. The highest BCUT2D eigenvalue weighted by Crippen LogP contribution is 2.35. The molecule has 9 heteroatoms. The molecule has 202 valence electrons. The van der Waals surface area contributed by atoms with Crippen molar-refractivity contribution in [1.82, 2.24) is 0 Å². The maximum absolute atomic E-state index is 13.8. The summed E-state index contributed by atoms with van der Waals surface area (Å²) in [6.45, 7) is 3.31. The minimum Gasteiger partial charge on any atom is -0.495 e. The van der Waals surface area contributed by atoms with Crippen LogP contribution in [0.3, 0.4) is 0 Å². The lowest BCUT2D eigenvalue weighted by atomic mass is 10.1. The molecule has 0 aromatic heterocycles. The average Bonchev–Trinajstić information content (AvgIpc) is 2.92. The number of ether oxygens (including phenoxy) is 1. The summed E-state index contributed by atoms with van der Waals surface area (Å²) < 4.78 is 34.0. The summed E-state index contributed by atoms with van der Waals surface area (Å²) in [5.41, 5.74) is 3.69. The lowest BCUT2D eigenvalue weighted by Gasteiger charge is -2.26. The van der Waals surface area contributed by atoms with Crippen LogP contribution in [0.25, 0.3) is 0 Å². The smallest absolute Gasteiger partial charge is 0.264 e. The van der Waals surface area contributed by atoms with E-state index in [-0.39, 0.29) is 16.3 Å². The second-order valence-electron chi connectivity index (χ2n) is 8.94. The van der Waals surface area contributed by atoms with Gasteiger partial charge < -0.3 is 10.1 Å². The Hall–Kier alpha value is -3.46. The number of nitrogens with zero attached hydrogens (tertiary/aromatic N) is 1. The number of anilines is 2. The molecule has 0 aliphatic heterocycles. The summed E-state index contributed by atoms with van der Waals surface area (Å²) in [4.78, 5) is 14.5. The molecule has 4 aromatic carbocycles. The van der Waals surface area contributed by atoms with E-state index in [0.29, 0.717) is 10.7 Å². The maximum atomic E-state index is 13.8. The molecule has 0 saturated carbocycles. The number of benzene rings is 4. The Labute approximate surface area is 239 Å². The Morgan fingerprint density at radius 1 is 0.949 bits per heavy atom. The highest BCUT2D eigenvalue weighted by molar-refractivity contribution is 7.98. The van der Waals surface area contributed by atoms with E-state index in [9.17, 15) is 13.2 Å². The summed E-state index contributed by atoms with van der Waals surface area (Å²) in [6, 6.07) is 27.1. The number of nitrogens with one attached hydrogen (secondary N) is 1. The molecule has 4 rings (SSSR count). The zero-order valence-electron chi connectivity index (χ0n) is 21.8. The number of sulfonamides is 1. The normalized spacial score (nSPS) is 11.2. The number of amides is 1. The SMILES string of the molecule is COc1ccc(Cl)cc1N(CC(=O)Nc1ccc(CSc2ccccc2)cc1C)S(=O)(=O)c1ccc(C)cc1. The van der Waals surface area contributed by atoms with Gasteiger partial charge in [0.05, 0.1) is 17.7 Å². The lowest BCUT2D eigenvalue weighted by Crippen LogP contribution is -2.38. The largest absolute Gasteiger partial charge is 0.495 e. The fourth-order valence-electron chi connectivity index (χ4n) is 3.95. The van der Waals surface area contributed by atoms with Crippen molar-refractivity contribution < 1.29 is 17.9 Å². The summed E-state index contributed by atoms with van der Waals surface area (Å²) in [6.07, 6.45) is 0. The van der Waals surface area contributed by atoms with Gasteiger partial charge in [-0.2, -0.15) is 0 Å². The number of hydrogen-bond donors (Lipinski definition) is 1. The Balaban J connectivity index is 1.57. The first kappa shape index (κ1) is 28.5. The Morgan fingerprint density at radius 3 is 2.33 bits per heavy atom. The molecule has 0 aliphatic carbocycles. The van der Waals surface area contributed by atoms with E-state index in [1.54, 1.807) is 36.0 Å². The first-order chi connectivity index (χ1) is 18.7. The first-order valence-corrected chi connectivity index (χ1v) is 15.0. The highest BCUT2D eigenvalue weighted by atomic mass is 35.5. The molecule has 0 spiro atoms. The van der Waals surface area contributed by atoms with Crippen molar-refractivity contribution in [1.29, 1.82) is 0 Å². The predicted molar refractivity (Wildman–Crippen MR) is 160 cm³/mol. The zero-order valence-corrected chi connectivity index (χ0v) is 24.2. The molecule has 0 unspecified atom stereocenters. The number of carbonyl (C=O) groups excluding carboxylic acids is 1. The third kappa shape index (κ3) is 7.15. The third-order valence-corrected chi connectivity index (χ3v) is 9.11. The van der Waals surface area contributed by atoms with Gasteiger partial charge in [0, 0.05) is 21.4 Å². The summed E-state index contributed by atoms with van der Waals surface area (Å²) in [5.74, 6) is 0.567. The Bertz CT molecular complexity index is 1560. The van der Waals surface area contributed by atoms with Crippen molar-refractivity contribution in [3.8, 4) is 5.75 Å². The van der Waals surface area contributed by atoms with Crippen LogP contribution in [0.5, 0.6) is 5.75 Å². The van der Waals surface area contributed by atoms with Gasteiger partial charge in [0.2, 0.25) is 5.91 Å². The van der Waals surface area contributed by atoms with Gasteiger partial charge in [-0.3, -0.25) is 9.10 Å². The Morgan fingerprint density at radius 2 is 1.67 bits per heavy atom. The monoisotopic (exact) mass is 580 g/mol. The van der Waals surface area contributed by atoms with Crippen LogP contribution in [0.4, 0.5) is 11.4 Å². The van der Waals surface area contributed by atoms with Crippen LogP contribution in [0.15, 0.2) is 101 Å². The lowest BCUT2D eigenvalue weighted by molar-refractivity contribution is -0.114. The molecule has 1 amide bonds. The van der Waals surface area contributed by atoms with Crippen molar-refractivity contribution in [3.05, 3.63) is 113 Å². The van der Waals surface area contributed by atoms with Crippen LogP contribution < -0.4 is 14.4 Å². The molecule has 0 aliphatic rings. The zero-order chi connectivity index (χ0) is 28.0. The summed E-state index contributed by atoms with van der Waals surface area (Å²) in [5, 5.41) is 3.19. The molecule has 0 fully saturated rings. The minimum atomic E-state index is -4.13. The predicted octanol–water partition coefficient (Wildman–Crippen LogP) is 7.09.